The summed E-state index contributed by atoms with van der Waals surface area (Å²) >= 11 is 1.63. The number of thiophene rings is 1. The molecule has 0 aromatic carbocycles. The lowest BCUT2D eigenvalue weighted by molar-refractivity contribution is -0.139. The zero-order valence-electron chi connectivity index (χ0n) is 15.9. The summed E-state index contributed by atoms with van der Waals surface area (Å²) in [4.78, 5) is 31.5. The summed E-state index contributed by atoms with van der Waals surface area (Å²) in [6.07, 6.45) is 4.03. The molecule has 0 unspecified atom stereocenters. The zero-order chi connectivity index (χ0) is 19.7. The van der Waals surface area contributed by atoms with Gasteiger partial charge in [0, 0.05) is 18.6 Å². The molecule has 0 saturated heterocycles. The van der Waals surface area contributed by atoms with Gasteiger partial charge in [-0.15, -0.1) is 11.3 Å². The van der Waals surface area contributed by atoms with E-state index in [0.29, 0.717) is 11.5 Å². The maximum atomic E-state index is 12.7. The van der Waals surface area contributed by atoms with E-state index in [2.05, 4.69) is 15.2 Å². The summed E-state index contributed by atoms with van der Waals surface area (Å²) in [7, 11) is 0. The van der Waals surface area contributed by atoms with Gasteiger partial charge in [0.05, 0.1) is 28.4 Å². The number of carboxylic acids is 1. The third kappa shape index (κ3) is 4.42. The molecule has 0 bridgehead atoms. The van der Waals surface area contributed by atoms with Crippen LogP contribution in [0.15, 0.2) is 29.6 Å². The first kappa shape index (κ1) is 19.1. The van der Waals surface area contributed by atoms with E-state index in [1.54, 1.807) is 11.3 Å². The van der Waals surface area contributed by atoms with Crippen molar-refractivity contribution < 1.29 is 14.7 Å². The van der Waals surface area contributed by atoms with Crippen LogP contribution in [-0.2, 0) is 4.79 Å². The van der Waals surface area contributed by atoms with Gasteiger partial charge in [0.2, 0.25) is 0 Å². The van der Waals surface area contributed by atoms with E-state index in [1.807, 2.05) is 36.6 Å². The van der Waals surface area contributed by atoms with Crippen LogP contribution in [0.5, 0.6) is 0 Å². The normalized spacial score (nSPS) is 21.4. The van der Waals surface area contributed by atoms with E-state index in [1.165, 1.54) is 12.8 Å². The summed E-state index contributed by atoms with van der Waals surface area (Å²) in [5, 5.41) is 14.2. The quantitative estimate of drug-likeness (QED) is 0.712. The van der Waals surface area contributed by atoms with Crippen molar-refractivity contribution in [3.05, 3.63) is 40.9 Å². The molecule has 0 aliphatic heterocycles. The van der Waals surface area contributed by atoms with Crippen molar-refractivity contribution in [2.45, 2.75) is 44.7 Å². The molecule has 2 fully saturated rings. The van der Waals surface area contributed by atoms with E-state index in [-0.39, 0.29) is 24.5 Å². The van der Waals surface area contributed by atoms with Crippen molar-refractivity contribution in [1.82, 2.24) is 15.2 Å². The predicted octanol–water partition coefficient (Wildman–Crippen LogP) is 3.18. The maximum absolute atomic E-state index is 12.7. The molecule has 1 amide bonds. The van der Waals surface area contributed by atoms with Crippen LogP contribution >= 0.6 is 11.3 Å². The Labute approximate surface area is 168 Å². The average molecular weight is 400 g/mol. The Hall–Kier alpha value is -2.25. The van der Waals surface area contributed by atoms with Crippen molar-refractivity contribution in [3.8, 4) is 10.6 Å². The monoisotopic (exact) mass is 399 g/mol. The van der Waals surface area contributed by atoms with Gasteiger partial charge in [-0.3, -0.25) is 19.5 Å². The summed E-state index contributed by atoms with van der Waals surface area (Å²) in [5.41, 5.74) is 2.21. The topological polar surface area (TPSA) is 82.5 Å². The molecule has 28 heavy (non-hydrogen) atoms. The van der Waals surface area contributed by atoms with Crippen molar-refractivity contribution in [3.63, 3.8) is 0 Å². The van der Waals surface area contributed by atoms with Crippen LogP contribution in [0.2, 0.25) is 0 Å². The highest BCUT2D eigenvalue weighted by atomic mass is 32.1. The van der Waals surface area contributed by atoms with Gasteiger partial charge in [-0.25, -0.2) is 0 Å². The Morgan fingerprint density at radius 2 is 2.07 bits per heavy atom. The molecule has 2 aromatic rings. The average Bonchev–Trinajstić information content (AvgIpc) is 3.25. The van der Waals surface area contributed by atoms with Crippen molar-refractivity contribution in [2.75, 3.05) is 13.1 Å². The number of carboxylic acid groups (broad SMARTS) is 1. The van der Waals surface area contributed by atoms with Crippen molar-refractivity contribution in [1.29, 1.82) is 0 Å². The fraction of sp³-hybridized carbons (Fsp3) is 0.476. The summed E-state index contributed by atoms with van der Waals surface area (Å²) in [6.45, 7) is 2.82. The van der Waals surface area contributed by atoms with Gasteiger partial charge in [-0.05, 0) is 62.1 Å². The molecule has 2 aromatic heterocycles. The van der Waals surface area contributed by atoms with E-state index in [9.17, 15) is 9.59 Å². The molecule has 148 valence electrons. The first-order chi connectivity index (χ1) is 13.5. The Bertz CT molecular complexity index is 858. The standard InChI is InChI=1S/C21H25N3O3S/c1-13-17(6-7-18(22-13)19-3-2-8-28-19)21(27)23-15-9-16(10-15)24(12-20(25)26)11-14-4-5-14/h2-3,6-8,14-16H,4-5,9-12H2,1H3,(H,23,27)(H,25,26). The van der Waals surface area contributed by atoms with Crippen molar-refractivity contribution >= 4 is 23.2 Å². The van der Waals surface area contributed by atoms with Gasteiger partial charge in [-0.2, -0.15) is 0 Å². The highest BCUT2D eigenvalue weighted by Gasteiger charge is 2.37. The minimum absolute atomic E-state index is 0.0923. The van der Waals surface area contributed by atoms with Gasteiger partial charge in [0.1, 0.15) is 0 Å². The highest BCUT2D eigenvalue weighted by molar-refractivity contribution is 7.13. The number of aromatic nitrogens is 1. The third-order valence-electron chi connectivity index (χ3n) is 5.60. The number of pyridine rings is 1. The molecule has 0 atom stereocenters. The molecular formula is C21H25N3O3S. The zero-order valence-corrected chi connectivity index (χ0v) is 16.7. The predicted molar refractivity (Wildman–Crippen MR) is 108 cm³/mol. The van der Waals surface area contributed by atoms with Crippen LogP contribution in [0.3, 0.4) is 0 Å². The largest absolute Gasteiger partial charge is 0.480 e. The first-order valence-electron chi connectivity index (χ1n) is 9.78. The van der Waals surface area contributed by atoms with Gasteiger partial charge >= 0.3 is 5.97 Å². The Kier molecular flexibility index (Phi) is 5.46. The smallest absolute Gasteiger partial charge is 0.317 e. The number of rotatable bonds is 8. The van der Waals surface area contributed by atoms with Gasteiger partial charge in [0.25, 0.3) is 5.91 Å². The molecule has 4 rings (SSSR count). The number of aryl methyl sites for hydroxylation is 1. The lowest BCUT2D eigenvalue weighted by atomic mass is 9.85. The Morgan fingerprint density at radius 1 is 1.29 bits per heavy atom. The number of nitrogens with one attached hydrogen (secondary N) is 1. The molecule has 2 aliphatic rings. The van der Waals surface area contributed by atoms with Crippen molar-refractivity contribution in [2.24, 2.45) is 5.92 Å². The number of nitrogens with zero attached hydrogens (tertiary/aromatic N) is 2. The van der Waals surface area contributed by atoms with Crippen LogP contribution in [0.4, 0.5) is 0 Å². The number of carbonyl (C=O) groups is 2. The molecule has 2 heterocycles. The number of amides is 1. The summed E-state index contributed by atoms with van der Waals surface area (Å²) in [5.74, 6) is -0.220. The minimum Gasteiger partial charge on any atom is -0.480 e. The molecule has 6 nitrogen and oxygen atoms in total. The minimum atomic E-state index is -0.777. The number of aliphatic carboxylic acids is 1. The van der Waals surface area contributed by atoms with Crippen LogP contribution in [-0.4, -0.2) is 52.0 Å². The molecule has 0 spiro atoms. The van der Waals surface area contributed by atoms with Gasteiger partial charge in [-0.1, -0.05) is 6.07 Å². The van der Waals surface area contributed by atoms with Crippen LogP contribution in [0.25, 0.3) is 10.6 Å². The molecule has 7 heteroatoms. The second-order valence-corrected chi connectivity index (χ2v) is 8.82. The highest BCUT2D eigenvalue weighted by Crippen LogP contribution is 2.34. The first-order valence-corrected chi connectivity index (χ1v) is 10.7. The maximum Gasteiger partial charge on any atom is 0.317 e. The van der Waals surface area contributed by atoms with E-state index < -0.39 is 5.97 Å². The number of hydrogen-bond donors (Lipinski definition) is 2. The molecular weight excluding hydrogens is 374 g/mol. The Balaban J connectivity index is 1.33. The van der Waals surface area contributed by atoms with E-state index in [0.717, 1.165) is 35.7 Å². The lowest BCUT2D eigenvalue weighted by Gasteiger charge is -2.42. The number of carbonyl (C=O) groups excluding carboxylic acids is 1. The van der Waals surface area contributed by atoms with E-state index >= 15 is 0 Å². The molecule has 2 N–H and O–H groups in total. The SMILES string of the molecule is Cc1nc(-c2cccs2)ccc1C(=O)NC1CC(N(CC(=O)O)CC2CC2)C1. The molecule has 2 aliphatic carbocycles. The second-order valence-electron chi connectivity index (χ2n) is 7.87. The van der Waals surface area contributed by atoms with E-state index in [4.69, 9.17) is 5.11 Å². The summed E-state index contributed by atoms with van der Waals surface area (Å²) < 4.78 is 0. The summed E-state index contributed by atoms with van der Waals surface area (Å²) in [6, 6.07) is 8.09. The molecule has 2 saturated carbocycles. The fourth-order valence-corrected chi connectivity index (χ4v) is 4.47. The Morgan fingerprint density at radius 3 is 2.68 bits per heavy atom. The van der Waals surface area contributed by atoms with Gasteiger partial charge in [0.15, 0.2) is 0 Å². The third-order valence-corrected chi connectivity index (χ3v) is 6.49. The lowest BCUT2D eigenvalue weighted by Crippen LogP contribution is -2.55. The molecule has 0 radical (unpaired) electrons. The van der Waals surface area contributed by atoms with Crippen LogP contribution in [0.1, 0.15) is 41.7 Å². The van der Waals surface area contributed by atoms with Crippen LogP contribution < -0.4 is 5.32 Å². The number of hydrogen-bond acceptors (Lipinski definition) is 5. The van der Waals surface area contributed by atoms with Gasteiger partial charge < -0.3 is 10.4 Å². The van der Waals surface area contributed by atoms with Crippen LogP contribution in [0, 0.1) is 12.8 Å². The second kappa shape index (κ2) is 8.01. The fourth-order valence-electron chi connectivity index (χ4n) is 3.78.